The van der Waals surface area contributed by atoms with E-state index < -0.39 is 20.9 Å². The van der Waals surface area contributed by atoms with Crippen LogP contribution in [0.25, 0.3) is 10.2 Å². The highest BCUT2D eigenvalue weighted by atomic mass is 32.2. The molecule has 0 unspecified atom stereocenters. The zero-order chi connectivity index (χ0) is 20.6. The van der Waals surface area contributed by atoms with Gasteiger partial charge in [-0.2, -0.15) is 4.31 Å². The van der Waals surface area contributed by atoms with Crippen molar-refractivity contribution in [3.05, 3.63) is 58.1 Å². The predicted molar refractivity (Wildman–Crippen MR) is 109 cm³/mol. The average Bonchev–Trinajstić information content (AvgIpc) is 3.37. The number of fused-ring (bicyclic) bond motifs is 1. The lowest BCUT2D eigenvalue weighted by Gasteiger charge is -2.15. The first kappa shape index (κ1) is 19.4. The maximum absolute atomic E-state index is 12.6. The third kappa shape index (κ3) is 3.84. The Bertz CT molecular complexity index is 1200. The van der Waals surface area contributed by atoms with Crippen LogP contribution in [0.3, 0.4) is 0 Å². The summed E-state index contributed by atoms with van der Waals surface area (Å²) >= 11 is 1.13. The van der Waals surface area contributed by atoms with Gasteiger partial charge in [-0.1, -0.05) is 11.3 Å². The first-order chi connectivity index (χ1) is 13.8. The molecule has 4 rings (SSSR count). The van der Waals surface area contributed by atoms with Gasteiger partial charge in [0, 0.05) is 30.8 Å². The highest BCUT2D eigenvalue weighted by Gasteiger charge is 2.27. The third-order valence-electron chi connectivity index (χ3n) is 4.62. The van der Waals surface area contributed by atoms with Gasteiger partial charge in [-0.15, -0.1) is 0 Å². The van der Waals surface area contributed by atoms with Gasteiger partial charge in [0.2, 0.25) is 10.0 Å². The molecular formula is C18H16N4O5S2. The quantitative estimate of drug-likeness (QED) is 0.488. The summed E-state index contributed by atoms with van der Waals surface area (Å²) in [6, 6.07) is 10.0. The fourth-order valence-electron chi connectivity index (χ4n) is 3.11. The number of anilines is 1. The maximum atomic E-state index is 12.6. The first-order valence-corrected chi connectivity index (χ1v) is 11.1. The molecule has 0 spiro atoms. The SMILES string of the molecule is O=C(Nc1nc2ccc([N+](=O)[O-])cc2s1)c1ccc(S(=O)(=O)N2CCCC2)cc1. The van der Waals surface area contributed by atoms with E-state index in [1.165, 1.54) is 46.8 Å². The number of carbonyl (C=O) groups excluding carboxylic acids is 1. The van der Waals surface area contributed by atoms with Gasteiger partial charge in [-0.05, 0) is 43.2 Å². The topological polar surface area (TPSA) is 123 Å². The van der Waals surface area contributed by atoms with Crippen LogP contribution in [0.4, 0.5) is 10.8 Å². The Morgan fingerprint density at radius 3 is 2.48 bits per heavy atom. The van der Waals surface area contributed by atoms with E-state index in [0.717, 1.165) is 24.2 Å². The minimum Gasteiger partial charge on any atom is -0.298 e. The van der Waals surface area contributed by atoms with E-state index in [9.17, 15) is 23.3 Å². The van der Waals surface area contributed by atoms with Crippen molar-refractivity contribution in [1.82, 2.24) is 9.29 Å². The van der Waals surface area contributed by atoms with Crippen molar-refractivity contribution < 1.29 is 18.1 Å². The molecule has 1 aromatic heterocycles. The second-order valence-electron chi connectivity index (χ2n) is 6.52. The van der Waals surface area contributed by atoms with Gasteiger partial charge in [0.25, 0.3) is 11.6 Å². The first-order valence-electron chi connectivity index (χ1n) is 8.81. The summed E-state index contributed by atoms with van der Waals surface area (Å²) < 4.78 is 27.1. The van der Waals surface area contributed by atoms with Gasteiger partial charge in [-0.25, -0.2) is 13.4 Å². The molecular weight excluding hydrogens is 416 g/mol. The number of non-ortho nitro benzene ring substituents is 1. The van der Waals surface area contributed by atoms with E-state index in [4.69, 9.17) is 0 Å². The number of nitrogens with zero attached hydrogens (tertiary/aromatic N) is 3. The van der Waals surface area contributed by atoms with E-state index in [-0.39, 0.29) is 16.1 Å². The van der Waals surface area contributed by atoms with Gasteiger partial charge in [-0.3, -0.25) is 20.2 Å². The lowest BCUT2D eigenvalue weighted by atomic mass is 10.2. The van der Waals surface area contributed by atoms with Crippen molar-refractivity contribution in [2.24, 2.45) is 0 Å². The number of aromatic nitrogens is 1. The molecule has 150 valence electrons. The number of nitro benzene ring substituents is 1. The number of amides is 1. The summed E-state index contributed by atoms with van der Waals surface area (Å²) in [4.78, 5) is 27.3. The number of carbonyl (C=O) groups is 1. The summed E-state index contributed by atoms with van der Waals surface area (Å²) in [5, 5.41) is 13.8. The van der Waals surface area contributed by atoms with Crippen LogP contribution in [-0.2, 0) is 10.0 Å². The minimum atomic E-state index is -3.53. The highest BCUT2D eigenvalue weighted by Crippen LogP contribution is 2.29. The summed E-state index contributed by atoms with van der Waals surface area (Å²) in [7, 11) is -3.53. The molecule has 0 bridgehead atoms. The number of rotatable bonds is 5. The van der Waals surface area contributed by atoms with E-state index >= 15 is 0 Å². The molecule has 1 aliphatic heterocycles. The van der Waals surface area contributed by atoms with Gasteiger partial charge in [0.1, 0.15) is 0 Å². The number of hydrogen-bond donors (Lipinski definition) is 1. The van der Waals surface area contributed by atoms with Crippen molar-refractivity contribution in [2.75, 3.05) is 18.4 Å². The molecule has 2 heterocycles. The monoisotopic (exact) mass is 432 g/mol. The molecule has 0 atom stereocenters. The molecule has 1 N–H and O–H groups in total. The van der Waals surface area contributed by atoms with E-state index in [1.807, 2.05) is 0 Å². The molecule has 1 saturated heterocycles. The van der Waals surface area contributed by atoms with Crippen LogP contribution in [0, 0.1) is 10.1 Å². The summed E-state index contributed by atoms with van der Waals surface area (Å²) in [6.07, 6.45) is 1.70. The number of sulfonamides is 1. The summed E-state index contributed by atoms with van der Waals surface area (Å²) in [5.41, 5.74) is 0.785. The summed E-state index contributed by atoms with van der Waals surface area (Å²) in [5.74, 6) is -0.441. The van der Waals surface area contributed by atoms with Gasteiger partial charge >= 0.3 is 0 Å². The average molecular weight is 432 g/mol. The lowest BCUT2D eigenvalue weighted by molar-refractivity contribution is -0.384. The Labute approximate surface area is 170 Å². The van der Waals surface area contributed by atoms with Crippen LogP contribution in [-0.4, -0.2) is 41.6 Å². The Kier molecular flexibility index (Phi) is 5.03. The normalized spacial score (nSPS) is 14.9. The van der Waals surface area contributed by atoms with Gasteiger partial charge in [0.15, 0.2) is 5.13 Å². The largest absolute Gasteiger partial charge is 0.298 e. The second-order valence-corrected chi connectivity index (χ2v) is 9.49. The lowest BCUT2D eigenvalue weighted by Crippen LogP contribution is -2.27. The van der Waals surface area contributed by atoms with Crippen LogP contribution in [0.5, 0.6) is 0 Å². The van der Waals surface area contributed by atoms with Gasteiger partial charge in [0.05, 0.1) is 20.0 Å². The number of hydrogen-bond acceptors (Lipinski definition) is 7. The zero-order valence-electron chi connectivity index (χ0n) is 15.1. The van der Waals surface area contributed by atoms with Crippen molar-refractivity contribution in [3.8, 4) is 0 Å². The van der Waals surface area contributed by atoms with E-state index in [2.05, 4.69) is 10.3 Å². The molecule has 3 aromatic rings. The van der Waals surface area contributed by atoms with E-state index in [1.54, 1.807) is 0 Å². The maximum Gasteiger partial charge on any atom is 0.270 e. The van der Waals surface area contributed by atoms with Crippen LogP contribution < -0.4 is 5.32 Å². The fourth-order valence-corrected chi connectivity index (χ4v) is 5.52. The molecule has 1 aliphatic rings. The molecule has 0 aliphatic carbocycles. The predicted octanol–water partition coefficient (Wildman–Crippen LogP) is 3.24. The van der Waals surface area contributed by atoms with Crippen molar-refractivity contribution in [1.29, 1.82) is 0 Å². The molecule has 11 heteroatoms. The van der Waals surface area contributed by atoms with Gasteiger partial charge < -0.3 is 0 Å². The highest BCUT2D eigenvalue weighted by molar-refractivity contribution is 7.89. The fraction of sp³-hybridized carbons (Fsp3) is 0.222. The smallest absolute Gasteiger partial charge is 0.270 e. The van der Waals surface area contributed by atoms with Crippen LogP contribution >= 0.6 is 11.3 Å². The molecule has 0 saturated carbocycles. The van der Waals surface area contributed by atoms with E-state index in [0.29, 0.717) is 28.4 Å². The third-order valence-corrected chi connectivity index (χ3v) is 7.47. The van der Waals surface area contributed by atoms with Crippen LogP contribution in [0.1, 0.15) is 23.2 Å². The minimum absolute atomic E-state index is 0.0474. The van der Waals surface area contributed by atoms with Crippen molar-refractivity contribution in [2.45, 2.75) is 17.7 Å². The molecule has 1 fully saturated rings. The number of thiazole rings is 1. The Balaban J connectivity index is 1.51. The molecule has 1 amide bonds. The van der Waals surface area contributed by atoms with Crippen LogP contribution in [0.15, 0.2) is 47.4 Å². The summed E-state index contributed by atoms with van der Waals surface area (Å²) in [6.45, 7) is 1.03. The van der Waals surface area contributed by atoms with Crippen molar-refractivity contribution in [3.63, 3.8) is 0 Å². The Morgan fingerprint density at radius 2 is 1.83 bits per heavy atom. The standard InChI is InChI=1S/C18H16N4O5S2/c23-17(20-18-19-15-8-5-13(22(24)25)11-16(15)28-18)12-3-6-14(7-4-12)29(26,27)21-9-1-2-10-21/h3-8,11H,1-2,9-10H2,(H,19,20,23). The number of nitrogens with one attached hydrogen (secondary N) is 1. The zero-order valence-corrected chi connectivity index (χ0v) is 16.7. The molecule has 29 heavy (non-hydrogen) atoms. The number of nitro groups is 1. The molecule has 9 nitrogen and oxygen atoms in total. The second kappa shape index (κ2) is 7.50. The van der Waals surface area contributed by atoms with Crippen molar-refractivity contribution >= 4 is 48.3 Å². The van der Waals surface area contributed by atoms with Crippen LogP contribution in [0.2, 0.25) is 0 Å². The molecule has 0 radical (unpaired) electrons. The Morgan fingerprint density at radius 1 is 1.14 bits per heavy atom. The Hall–Kier alpha value is -2.89. The molecule has 2 aromatic carbocycles. The number of benzene rings is 2.